The van der Waals surface area contributed by atoms with Gasteiger partial charge in [-0.1, -0.05) is 30.3 Å². The van der Waals surface area contributed by atoms with Gasteiger partial charge in [-0.2, -0.15) is 11.8 Å². The maximum atomic E-state index is 12.9. The zero-order valence-electron chi connectivity index (χ0n) is 13.8. The van der Waals surface area contributed by atoms with Crippen LogP contribution in [0.15, 0.2) is 42.6 Å². The van der Waals surface area contributed by atoms with Crippen LogP contribution in [0.25, 0.3) is 0 Å². The summed E-state index contributed by atoms with van der Waals surface area (Å²) in [7, 11) is 0. The van der Waals surface area contributed by atoms with Gasteiger partial charge in [0.05, 0.1) is 12.2 Å². The standard InChI is InChI=1S/C18H22N4OS/c1-14-19-8-7-16(21-14)13-20-18(23)17(15-5-3-2-4-6-15)22-9-11-24-12-10-22/h2-8,17H,9-13H2,1H3,(H,20,23)/t17-/m0/s1. The predicted molar refractivity (Wildman–Crippen MR) is 96.7 cm³/mol. The Morgan fingerprint density at radius 1 is 1.25 bits per heavy atom. The minimum Gasteiger partial charge on any atom is -0.349 e. The number of aryl methyl sites for hydroxylation is 1. The first-order valence-electron chi connectivity index (χ1n) is 8.17. The van der Waals surface area contributed by atoms with E-state index in [1.165, 1.54) is 0 Å². The smallest absolute Gasteiger partial charge is 0.242 e. The Bertz CT molecular complexity index is 674. The van der Waals surface area contributed by atoms with Gasteiger partial charge in [-0.05, 0) is 18.6 Å². The molecular weight excluding hydrogens is 320 g/mol. The summed E-state index contributed by atoms with van der Waals surface area (Å²) in [6, 6.07) is 11.6. The van der Waals surface area contributed by atoms with Gasteiger partial charge in [0.15, 0.2) is 0 Å². The molecule has 0 aliphatic carbocycles. The average molecular weight is 342 g/mol. The molecule has 0 unspecified atom stereocenters. The first-order valence-corrected chi connectivity index (χ1v) is 9.32. The molecule has 3 rings (SSSR count). The third-order valence-electron chi connectivity index (χ3n) is 4.05. The monoisotopic (exact) mass is 342 g/mol. The molecule has 126 valence electrons. The quantitative estimate of drug-likeness (QED) is 0.903. The Balaban J connectivity index is 1.73. The molecule has 1 N–H and O–H groups in total. The summed E-state index contributed by atoms with van der Waals surface area (Å²) in [5, 5.41) is 3.04. The van der Waals surface area contributed by atoms with Crippen molar-refractivity contribution < 1.29 is 4.79 Å². The van der Waals surface area contributed by atoms with Gasteiger partial charge >= 0.3 is 0 Å². The Morgan fingerprint density at radius 2 is 2.00 bits per heavy atom. The van der Waals surface area contributed by atoms with Crippen molar-refractivity contribution in [3.05, 3.63) is 59.7 Å². The fourth-order valence-electron chi connectivity index (χ4n) is 2.88. The van der Waals surface area contributed by atoms with Gasteiger partial charge < -0.3 is 5.32 Å². The van der Waals surface area contributed by atoms with Crippen LogP contribution >= 0.6 is 11.8 Å². The highest BCUT2D eigenvalue weighted by Gasteiger charge is 2.28. The van der Waals surface area contributed by atoms with Crippen LogP contribution in [0.3, 0.4) is 0 Å². The molecule has 1 saturated heterocycles. The normalized spacial score (nSPS) is 16.5. The largest absolute Gasteiger partial charge is 0.349 e. The summed E-state index contributed by atoms with van der Waals surface area (Å²) in [6.45, 7) is 4.14. The van der Waals surface area contributed by atoms with Crippen molar-refractivity contribution in [2.24, 2.45) is 0 Å². The van der Waals surface area contributed by atoms with E-state index in [9.17, 15) is 4.79 Å². The molecule has 0 saturated carbocycles. The van der Waals surface area contributed by atoms with Crippen LogP contribution in [-0.2, 0) is 11.3 Å². The lowest BCUT2D eigenvalue weighted by Gasteiger charge is -2.33. The molecule has 24 heavy (non-hydrogen) atoms. The van der Waals surface area contributed by atoms with Crippen LogP contribution in [0.4, 0.5) is 0 Å². The molecule has 0 spiro atoms. The number of aromatic nitrogens is 2. The van der Waals surface area contributed by atoms with Crippen LogP contribution in [0.5, 0.6) is 0 Å². The molecule has 0 radical (unpaired) electrons. The first kappa shape index (κ1) is 16.9. The van der Waals surface area contributed by atoms with Gasteiger partial charge in [0.2, 0.25) is 5.91 Å². The first-order chi connectivity index (χ1) is 11.7. The molecule has 1 aromatic heterocycles. The Labute approximate surface area is 146 Å². The molecule has 1 aromatic carbocycles. The minimum atomic E-state index is -0.241. The number of amides is 1. The van der Waals surface area contributed by atoms with Crippen molar-refractivity contribution in [1.29, 1.82) is 0 Å². The minimum absolute atomic E-state index is 0.0318. The molecular formula is C18H22N4OS. The highest BCUT2D eigenvalue weighted by atomic mass is 32.2. The van der Waals surface area contributed by atoms with E-state index >= 15 is 0 Å². The van der Waals surface area contributed by atoms with E-state index in [1.807, 2.05) is 55.1 Å². The second kappa shape index (κ2) is 8.26. The Morgan fingerprint density at radius 3 is 2.71 bits per heavy atom. The zero-order valence-corrected chi connectivity index (χ0v) is 14.6. The van der Waals surface area contributed by atoms with Gasteiger partial charge in [0, 0.05) is 30.8 Å². The van der Waals surface area contributed by atoms with E-state index in [1.54, 1.807) is 6.20 Å². The van der Waals surface area contributed by atoms with Crippen LogP contribution in [0, 0.1) is 6.92 Å². The summed E-state index contributed by atoms with van der Waals surface area (Å²) in [5.41, 5.74) is 1.87. The highest BCUT2D eigenvalue weighted by molar-refractivity contribution is 7.99. The molecule has 1 amide bonds. The second-order valence-corrected chi connectivity index (χ2v) is 7.00. The molecule has 6 heteroatoms. The van der Waals surface area contributed by atoms with Gasteiger partial charge in [-0.25, -0.2) is 9.97 Å². The van der Waals surface area contributed by atoms with Gasteiger partial charge in [-0.3, -0.25) is 9.69 Å². The van der Waals surface area contributed by atoms with Crippen LogP contribution in [-0.4, -0.2) is 45.4 Å². The number of nitrogens with one attached hydrogen (secondary N) is 1. The Hall–Kier alpha value is -1.92. The molecule has 1 fully saturated rings. The highest BCUT2D eigenvalue weighted by Crippen LogP contribution is 2.24. The molecule has 5 nitrogen and oxygen atoms in total. The maximum Gasteiger partial charge on any atom is 0.242 e. The van der Waals surface area contributed by atoms with Crippen molar-refractivity contribution in [2.45, 2.75) is 19.5 Å². The van der Waals surface area contributed by atoms with Crippen molar-refractivity contribution in [3.8, 4) is 0 Å². The number of benzene rings is 1. The molecule has 1 atom stereocenters. The summed E-state index contributed by atoms with van der Waals surface area (Å²) >= 11 is 1.94. The number of hydrogen-bond acceptors (Lipinski definition) is 5. The van der Waals surface area contributed by atoms with Crippen LogP contribution in [0.2, 0.25) is 0 Å². The van der Waals surface area contributed by atoms with Crippen LogP contribution < -0.4 is 5.32 Å². The van der Waals surface area contributed by atoms with E-state index in [-0.39, 0.29) is 11.9 Å². The van der Waals surface area contributed by atoms with Crippen molar-refractivity contribution in [3.63, 3.8) is 0 Å². The van der Waals surface area contributed by atoms with Gasteiger partial charge in [-0.15, -0.1) is 0 Å². The number of hydrogen-bond donors (Lipinski definition) is 1. The number of thioether (sulfide) groups is 1. The third-order valence-corrected chi connectivity index (χ3v) is 4.99. The molecule has 1 aliphatic heterocycles. The molecule has 0 bridgehead atoms. The summed E-state index contributed by atoms with van der Waals surface area (Å²) in [6.07, 6.45) is 1.72. The molecule has 1 aliphatic rings. The van der Waals surface area contributed by atoms with E-state index in [0.29, 0.717) is 6.54 Å². The van der Waals surface area contributed by atoms with E-state index < -0.39 is 0 Å². The van der Waals surface area contributed by atoms with Gasteiger partial charge in [0.25, 0.3) is 0 Å². The van der Waals surface area contributed by atoms with Crippen molar-refractivity contribution in [1.82, 2.24) is 20.2 Å². The lowest BCUT2D eigenvalue weighted by atomic mass is 10.0. The third kappa shape index (κ3) is 4.33. The summed E-state index contributed by atoms with van der Waals surface area (Å²) in [4.78, 5) is 23.6. The van der Waals surface area contributed by atoms with E-state index in [4.69, 9.17) is 0 Å². The van der Waals surface area contributed by atoms with E-state index in [0.717, 1.165) is 41.7 Å². The fraction of sp³-hybridized carbons (Fsp3) is 0.389. The van der Waals surface area contributed by atoms with Crippen LogP contribution in [0.1, 0.15) is 23.1 Å². The zero-order chi connectivity index (χ0) is 16.8. The molecule has 2 aromatic rings. The number of nitrogens with zero attached hydrogens (tertiary/aromatic N) is 3. The lowest BCUT2D eigenvalue weighted by Crippen LogP contribution is -2.44. The Kier molecular flexibility index (Phi) is 5.82. The topological polar surface area (TPSA) is 58.1 Å². The van der Waals surface area contributed by atoms with Crippen molar-refractivity contribution >= 4 is 17.7 Å². The lowest BCUT2D eigenvalue weighted by molar-refractivity contribution is -0.126. The van der Waals surface area contributed by atoms with Crippen molar-refractivity contribution in [2.75, 3.05) is 24.6 Å². The van der Waals surface area contributed by atoms with Gasteiger partial charge in [0.1, 0.15) is 11.9 Å². The molecule has 2 heterocycles. The predicted octanol–water partition coefficient (Wildman–Crippen LogP) is 2.19. The maximum absolute atomic E-state index is 12.9. The summed E-state index contributed by atoms with van der Waals surface area (Å²) in [5.74, 6) is 2.89. The summed E-state index contributed by atoms with van der Waals surface area (Å²) < 4.78 is 0. The van der Waals surface area contributed by atoms with E-state index in [2.05, 4.69) is 20.2 Å². The number of carbonyl (C=O) groups is 1. The number of carbonyl (C=O) groups excluding carboxylic acids is 1. The average Bonchev–Trinajstić information content (AvgIpc) is 2.62. The SMILES string of the molecule is Cc1nccc(CNC(=O)[C@H](c2ccccc2)N2CCSCC2)n1. The fourth-order valence-corrected chi connectivity index (χ4v) is 3.81. The second-order valence-electron chi connectivity index (χ2n) is 5.77. The number of rotatable bonds is 5.